The Bertz CT molecular complexity index is 635. The van der Waals surface area contributed by atoms with Gasteiger partial charge in [0.25, 0.3) is 0 Å². The van der Waals surface area contributed by atoms with Gasteiger partial charge in [-0.15, -0.1) is 0 Å². The lowest BCUT2D eigenvalue weighted by Crippen LogP contribution is -2.13. The lowest BCUT2D eigenvalue weighted by molar-refractivity contribution is 0.412. The smallest absolute Gasteiger partial charge is 0.111 e. The second-order valence-corrected chi connectivity index (χ2v) is 13.6. The first kappa shape index (κ1) is 38.2. The summed E-state index contributed by atoms with van der Waals surface area (Å²) in [4.78, 5) is 5.01. The molecule has 2 heteroatoms. The molecule has 1 rings (SSSR count). The van der Waals surface area contributed by atoms with Crippen LogP contribution in [0.15, 0.2) is 12.4 Å². The van der Waals surface area contributed by atoms with Gasteiger partial charge in [-0.2, -0.15) is 0 Å². The van der Waals surface area contributed by atoms with E-state index in [4.69, 9.17) is 4.98 Å². The molecule has 0 amide bonds. The Kier molecular flexibility index (Phi) is 27.3. The zero-order valence-corrected chi connectivity index (χ0v) is 28.9. The first-order valence-electron chi connectivity index (χ1n) is 19.3. The van der Waals surface area contributed by atoms with Crippen molar-refractivity contribution in [1.82, 2.24) is 9.55 Å². The molecule has 0 spiro atoms. The molecule has 0 bridgehead atoms. The van der Waals surface area contributed by atoms with Crippen LogP contribution in [0.3, 0.4) is 0 Å². The Hall–Kier alpha value is -0.790. The average molecular weight is 573 g/mol. The fourth-order valence-corrected chi connectivity index (χ4v) is 6.71. The summed E-state index contributed by atoms with van der Waals surface area (Å²) in [7, 11) is 0. The maximum atomic E-state index is 5.01. The van der Waals surface area contributed by atoms with Crippen molar-refractivity contribution in [3.63, 3.8) is 0 Å². The van der Waals surface area contributed by atoms with Crippen LogP contribution in [0.1, 0.15) is 238 Å². The van der Waals surface area contributed by atoms with Crippen LogP contribution in [-0.4, -0.2) is 9.55 Å². The predicted molar refractivity (Wildman–Crippen MR) is 185 cm³/mol. The molecule has 2 unspecified atom stereocenters. The predicted octanol–water partition coefficient (Wildman–Crippen LogP) is 14.3. The number of imidazole rings is 1. The first-order chi connectivity index (χ1) is 20.2. The van der Waals surface area contributed by atoms with Gasteiger partial charge in [0.2, 0.25) is 0 Å². The molecule has 242 valence electrons. The molecule has 0 fully saturated rings. The summed E-state index contributed by atoms with van der Waals surface area (Å²) in [6, 6.07) is 0.589. The van der Waals surface area contributed by atoms with Gasteiger partial charge in [-0.3, -0.25) is 0 Å². The van der Waals surface area contributed by atoms with Crippen molar-refractivity contribution in [2.75, 3.05) is 0 Å². The Morgan fingerprint density at radius 3 is 1.15 bits per heavy atom. The van der Waals surface area contributed by atoms with E-state index < -0.39 is 0 Å². The Morgan fingerprint density at radius 1 is 0.463 bits per heavy atom. The van der Waals surface area contributed by atoms with Crippen LogP contribution < -0.4 is 0 Å². The van der Waals surface area contributed by atoms with E-state index in [2.05, 4.69) is 44.7 Å². The molecule has 1 heterocycles. The van der Waals surface area contributed by atoms with Crippen LogP contribution in [-0.2, 0) is 0 Å². The molecule has 0 N–H and O–H groups in total. The van der Waals surface area contributed by atoms with E-state index in [0.29, 0.717) is 12.0 Å². The minimum Gasteiger partial charge on any atom is -0.332 e. The van der Waals surface area contributed by atoms with Crippen molar-refractivity contribution in [3.8, 4) is 0 Å². The molecule has 1 aromatic heterocycles. The third kappa shape index (κ3) is 21.5. The lowest BCUT2D eigenvalue weighted by Gasteiger charge is -2.22. The molecule has 2 nitrogen and oxygen atoms in total. The van der Waals surface area contributed by atoms with E-state index in [0.717, 1.165) is 0 Å². The summed E-state index contributed by atoms with van der Waals surface area (Å²) in [6.45, 7) is 9.39. The zero-order chi connectivity index (χ0) is 29.6. The quantitative estimate of drug-likeness (QED) is 0.0785. The van der Waals surface area contributed by atoms with Crippen molar-refractivity contribution in [2.45, 2.75) is 232 Å². The molecule has 41 heavy (non-hydrogen) atoms. The fraction of sp³-hybridized carbons (Fsp3) is 0.923. The van der Waals surface area contributed by atoms with Gasteiger partial charge in [0, 0.05) is 24.4 Å². The van der Waals surface area contributed by atoms with Gasteiger partial charge in [-0.1, -0.05) is 194 Å². The number of unbranched alkanes of at least 4 members (excludes halogenated alkanes) is 24. The normalized spacial score (nSPS) is 13.2. The van der Waals surface area contributed by atoms with Gasteiger partial charge in [-0.05, 0) is 26.2 Å². The summed E-state index contributed by atoms with van der Waals surface area (Å²) in [5.41, 5.74) is 0. The van der Waals surface area contributed by atoms with Crippen LogP contribution in [0.5, 0.6) is 0 Å². The molecule has 0 aliphatic carbocycles. The van der Waals surface area contributed by atoms with Crippen LogP contribution in [0.25, 0.3) is 0 Å². The van der Waals surface area contributed by atoms with Gasteiger partial charge in [0.15, 0.2) is 0 Å². The van der Waals surface area contributed by atoms with E-state index in [-0.39, 0.29) is 0 Å². The van der Waals surface area contributed by atoms with Crippen molar-refractivity contribution < 1.29 is 0 Å². The highest BCUT2D eigenvalue weighted by Gasteiger charge is 2.19. The average Bonchev–Trinajstić information content (AvgIpc) is 3.47. The van der Waals surface area contributed by atoms with Crippen LogP contribution >= 0.6 is 0 Å². The van der Waals surface area contributed by atoms with E-state index in [1.54, 1.807) is 0 Å². The first-order valence-corrected chi connectivity index (χ1v) is 19.3. The topological polar surface area (TPSA) is 17.8 Å². The van der Waals surface area contributed by atoms with Crippen LogP contribution in [0, 0.1) is 0 Å². The fourth-order valence-electron chi connectivity index (χ4n) is 6.71. The standard InChI is InChI=1S/C39H76N2/c1-5-8-11-14-17-20-22-25-28-31-34-38(33-30-27-24-19-16-13-10-7-3)39-40-35-36-41(39)37(4)32-29-26-23-21-18-15-12-9-6-2/h35-38H,5-34H2,1-4H3. The van der Waals surface area contributed by atoms with Gasteiger partial charge >= 0.3 is 0 Å². The second kappa shape index (κ2) is 29.3. The molecule has 0 aliphatic rings. The summed E-state index contributed by atoms with van der Waals surface area (Å²) in [5.74, 6) is 2.07. The zero-order valence-electron chi connectivity index (χ0n) is 28.9. The summed E-state index contributed by atoms with van der Waals surface area (Å²) in [6.07, 6.45) is 46.7. The Morgan fingerprint density at radius 2 is 0.780 bits per heavy atom. The maximum absolute atomic E-state index is 5.01. The highest BCUT2D eigenvalue weighted by atomic mass is 15.1. The molecule has 0 saturated heterocycles. The van der Waals surface area contributed by atoms with Gasteiger partial charge in [0.1, 0.15) is 5.82 Å². The third-order valence-electron chi connectivity index (χ3n) is 9.58. The Balaban J connectivity index is 2.44. The number of hydrogen-bond donors (Lipinski definition) is 0. The highest BCUT2D eigenvalue weighted by molar-refractivity contribution is 5.02. The van der Waals surface area contributed by atoms with Crippen LogP contribution in [0.4, 0.5) is 0 Å². The highest BCUT2D eigenvalue weighted by Crippen LogP contribution is 2.31. The largest absolute Gasteiger partial charge is 0.332 e. The van der Waals surface area contributed by atoms with Crippen molar-refractivity contribution >= 4 is 0 Å². The number of aromatic nitrogens is 2. The molecule has 1 aromatic rings. The number of hydrogen-bond acceptors (Lipinski definition) is 1. The summed E-state index contributed by atoms with van der Waals surface area (Å²) < 4.78 is 2.58. The monoisotopic (exact) mass is 573 g/mol. The third-order valence-corrected chi connectivity index (χ3v) is 9.58. The minimum atomic E-state index is 0.589. The second-order valence-electron chi connectivity index (χ2n) is 13.6. The summed E-state index contributed by atoms with van der Waals surface area (Å²) in [5, 5.41) is 0. The van der Waals surface area contributed by atoms with Gasteiger partial charge in [0.05, 0.1) is 0 Å². The minimum absolute atomic E-state index is 0.589. The molecule has 0 radical (unpaired) electrons. The molecule has 0 aliphatic heterocycles. The SMILES string of the molecule is CCCCCCCCCCCCC(CCCCCCCCCC)c1nccn1C(C)CCCCCCCCCCC. The van der Waals surface area contributed by atoms with Crippen LogP contribution in [0.2, 0.25) is 0 Å². The molecule has 0 saturated carbocycles. The van der Waals surface area contributed by atoms with E-state index >= 15 is 0 Å². The molecular weight excluding hydrogens is 496 g/mol. The van der Waals surface area contributed by atoms with Gasteiger partial charge < -0.3 is 4.57 Å². The van der Waals surface area contributed by atoms with Crippen molar-refractivity contribution in [1.29, 1.82) is 0 Å². The molecular formula is C39H76N2. The molecule has 2 atom stereocenters. The van der Waals surface area contributed by atoms with Crippen molar-refractivity contribution in [2.24, 2.45) is 0 Å². The summed E-state index contributed by atoms with van der Waals surface area (Å²) >= 11 is 0. The van der Waals surface area contributed by atoms with Crippen molar-refractivity contribution in [3.05, 3.63) is 18.2 Å². The number of rotatable bonds is 32. The lowest BCUT2D eigenvalue weighted by atomic mass is 9.92. The number of nitrogens with zero attached hydrogens (tertiary/aromatic N) is 2. The van der Waals surface area contributed by atoms with E-state index in [9.17, 15) is 0 Å². The molecule has 0 aromatic carbocycles. The van der Waals surface area contributed by atoms with E-state index in [1.165, 1.54) is 198 Å². The maximum Gasteiger partial charge on any atom is 0.111 e. The van der Waals surface area contributed by atoms with Gasteiger partial charge in [-0.25, -0.2) is 4.98 Å². The Labute approximate surface area is 259 Å². The van der Waals surface area contributed by atoms with E-state index in [1.807, 2.05) is 0 Å².